The van der Waals surface area contributed by atoms with Crippen LogP contribution in [0, 0.1) is 12.3 Å². The topological polar surface area (TPSA) is 15.3 Å². The van der Waals surface area contributed by atoms with Gasteiger partial charge < -0.3 is 5.32 Å². The molecule has 2 nitrogen and oxygen atoms in total. The molecule has 1 atom stereocenters. The maximum atomic E-state index is 5.26. The fourth-order valence-electron chi connectivity index (χ4n) is 1.30. The van der Waals surface area contributed by atoms with Crippen LogP contribution in [0.4, 0.5) is 0 Å². The molecule has 76 valence electrons. The number of nitrogens with one attached hydrogen (secondary N) is 1. The van der Waals surface area contributed by atoms with E-state index < -0.39 is 0 Å². The smallest absolute Gasteiger partial charge is 0.0598 e. The van der Waals surface area contributed by atoms with Crippen LogP contribution in [0.15, 0.2) is 0 Å². The second-order valence-corrected chi connectivity index (χ2v) is 3.32. The summed E-state index contributed by atoms with van der Waals surface area (Å²) in [5, 5.41) is 3.39. The van der Waals surface area contributed by atoms with E-state index in [1.54, 1.807) is 0 Å². The molecular formula is C11H22N2. The number of hydrogen-bond donors (Lipinski definition) is 1. The summed E-state index contributed by atoms with van der Waals surface area (Å²) in [5.74, 6) is 2.68. The van der Waals surface area contributed by atoms with Crippen molar-refractivity contribution in [2.75, 3.05) is 26.2 Å². The maximum Gasteiger partial charge on any atom is 0.0598 e. The SMILES string of the molecule is C#CCN(CC)CCC(C)NCC. The van der Waals surface area contributed by atoms with E-state index in [2.05, 4.69) is 36.9 Å². The van der Waals surface area contributed by atoms with E-state index in [4.69, 9.17) is 6.42 Å². The number of rotatable bonds is 7. The third-order valence-corrected chi connectivity index (χ3v) is 2.19. The quantitative estimate of drug-likeness (QED) is 0.598. The van der Waals surface area contributed by atoms with Crippen molar-refractivity contribution in [3.63, 3.8) is 0 Å². The van der Waals surface area contributed by atoms with Gasteiger partial charge in [0.05, 0.1) is 6.54 Å². The minimum atomic E-state index is 0.594. The third-order valence-electron chi connectivity index (χ3n) is 2.19. The first-order chi connectivity index (χ1) is 6.24. The highest BCUT2D eigenvalue weighted by atomic mass is 15.1. The minimum Gasteiger partial charge on any atom is -0.314 e. The van der Waals surface area contributed by atoms with Crippen molar-refractivity contribution < 1.29 is 0 Å². The van der Waals surface area contributed by atoms with Crippen molar-refractivity contribution in [2.45, 2.75) is 33.2 Å². The van der Waals surface area contributed by atoms with Gasteiger partial charge in [0.25, 0.3) is 0 Å². The first kappa shape index (κ1) is 12.5. The van der Waals surface area contributed by atoms with Crippen LogP contribution in [0.25, 0.3) is 0 Å². The molecule has 13 heavy (non-hydrogen) atoms. The van der Waals surface area contributed by atoms with Crippen LogP contribution in [-0.2, 0) is 0 Å². The van der Waals surface area contributed by atoms with Gasteiger partial charge in [0.1, 0.15) is 0 Å². The summed E-state index contributed by atoms with van der Waals surface area (Å²) in [5.41, 5.74) is 0. The van der Waals surface area contributed by atoms with Crippen LogP contribution >= 0.6 is 0 Å². The highest BCUT2D eigenvalue weighted by Gasteiger charge is 2.03. The zero-order chi connectivity index (χ0) is 10.1. The molecule has 0 aliphatic rings. The standard InChI is InChI=1S/C11H22N2/c1-5-9-13(7-3)10-8-11(4)12-6-2/h1,11-12H,6-10H2,2-4H3. The first-order valence-corrected chi connectivity index (χ1v) is 5.13. The van der Waals surface area contributed by atoms with Crippen LogP contribution in [0.3, 0.4) is 0 Å². The molecule has 0 heterocycles. The van der Waals surface area contributed by atoms with Gasteiger partial charge in [0, 0.05) is 12.6 Å². The number of hydrogen-bond acceptors (Lipinski definition) is 2. The van der Waals surface area contributed by atoms with E-state index in [-0.39, 0.29) is 0 Å². The summed E-state index contributed by atoms with van der Waals surface area (Å²) in [7, 11) is 0. The lowest BCUT2D eigenvalue weighted by molar-refractivity contribution is 0.302. The Morgan fingerprint density at radius 3 is 2.62 bits per heavy atom. The molecule has 0 bridgehead atoms. The summed E-state index contributed by atoms with van der Waals surface area (Å²) >= 11 is 0. The van der Waals surface area contributed by atoms with Crippen LogP contribution < -0.4 is 5.32 Å². The first-order valence-electron chi connectivity index (χ1n) is 5.13. The van der Waals surface area contributed by atoms with Crippen LogP contribution in [0.1, 0.15) is 27.2 Å². The molecule has 0 aliphatic heterocycles. The third kappa shape index (κ3) is 6.62. The van der Waals surface area contributed by atoms with E-state index in [1.165, 1.54) is 6.42 Å². The largest absolute Gasteiger partial charge is 0.314 e. The predicted molar refractivity (Wildman–Crippen MR) is 58.7 cm³/mol. The molecule has 2 heteroatoms. The molecule has 0 radical (unpaired) electrons. The minimum absolute atomic E-state index is 0.594. The lowest BCUT2D eigenvalue weighted by Crippen LogP contribution is -2.32. The van der Waals surface area contributed by atoms with Crippen LogP contribution in [0.5, 0.6) is 0 Å². The summed E-state index contributed by atoms with van der Waals surface area (Å²) < 4.78 is 0. The van der Waals surface area contributed by atoms with E-state index in [1.807, 2.05) is 0 Å². The van der Waals surface area contributed by atoms with Crippen LogP contribution in [-0.4, -0.2) is 37.1 Å². The van der Waals surface area contributed by atoms with Crippen LogP contribution in [0.2, 0.25) is 0 Å². The molecule has 0 saturated heterocycles. The van der Waals surface area contributed by atoms with Gasteiger partial charge in [-0.1, -0.05) is 19.8 Å². The van der Waals surface area contributed by atoms with Crippen molar-refractivity contribution in [3.8, 4) is 12.3 Å². The molecule has 0 aromatic heterocycles. The van der Waals surface area contributed by atoms with Gasteiger partial charge >= 0.3 is 0 Å². The molecule has 0 saturated carbocycles. The van der Waals surface area contributed by atoms with E-state index in [0.717, 1.165) is 26.2 Å². The van der Waals surface area contributed by atoms with Gasteiger partial charge in [-0.25, -0.2) is 0 Å². The Kier molecular flexibility index (Phi) is 7.77. The fourth-order valence-corrected chi connectivity index (χ4v) is 1.30. The van der Waals surface area contributed by atoms with Gasteiger partial charge in [0.2, 0.25) is 0 Å². The number of terminal acetylenes is 1. The average molecular weight is 182 g/mol. The molecule has 0 rings (SSSR count). The molecular weight excluding hydrogens is 160 g/mol. The molecule has 1 unspecified atom stereocenters. The Balaban J connectivity index is 3.53. The molecule has 0 aromatic carbocycles. The zero-order valence-corrected chi connectivity index (χ0v) is 9.14. The van der Waals surface area contributed by atoms with Gasteiger partial charge in [-0.2, -0.15) is 0 Å². The van der Waals surface area contributed by atoms with E-state index >= 15 is 0 Å². The van der Waals surface area contributed by atoms with Crippen molar-refractivity contribution in [3.05, 3.63) is 0 Å². The van der Waals surface area contributed by atoms with Crippen molar-refractivity contribution >= 4 is 0 Å². The second-order valence-electron chi connectivity index (χ2n) is 3.32. The highest BCUT2D eigenvalue weighted by Crippen LogP contribution is 1.95. The monoisotopic (exact) mass is 182 g/mol. The normalized spacial score (nSPS) is 12.8. The Morgan fingerprint density at radius 2 is 2.15 bits per heavy atom. The maximum absolute atomic E-state index is 5.26. The Bertz CT molecular complexity index is 149. The van der Waals surface area contributed by atoms with Crippen molar-refractivity contribution in [1.82, 2.24) is 10.2 Å². The lowest BCUT2D eigenvalue weighted by Gasteiger charge is -2.20. The van der Waals surface area contributed by atoms with Crippen molar-refractivity contribution in [2.24, 2.45) is 0 Å². The Labute approximate surface area is 82.7 Å². The molecule has 1 N–H and O–H groups in total. The lowest BCUT2D eigenvalue weighted by atomic mass is 10.2. The highest BCUT2D eigenvalue weighted by molar-refractivity contribution is 4.87. The molecule has 0 fully saturated rings. The molecule has 0 aromatic rings. The van der Waals surface area contributed by atoms with E-state index in [0.29, 0.717) is 6.04 Å². The molecule has 0 amide bonds. The van der Waals surface area contributed by atoms with Gasteiger partial charge in [-0.15, -0.1) is 6.42 Å². The van der Waals surface area contributed by atoms with E-state index in [9.17, 15) is 0 Å². The predicted octanol–water partition coefficient (Wildman–Crippen LogP) is 1.33. The molecule has 0 spiro atoms. The fraction of sp³-hybridized carbons (Fsp3) is 0.818. The molecule has 0 aliphatic carbocycles. The summed E-state index contributed by atoms with van der Waals surface area (Å²) in [6.07, 6.45) is 6.43. The Hall–Kier alpha value is -0.520. The summed E-state index contributed by atoms with van der Waals surface area (Å²) in [6, 6.07) is 0.594. The van der Waals surface area contributed by atoms with Gasteiger partial charge in [-0.05, 0) is 26.4 Å². The second kappa shape index (κ2) is 8.10. The average Bonchev–Trinajstić information content (AvgIpc) is 2.12. The van der Waals surface area contributed by atoms with Crippen molar-refractivity contribution in [1.29, 1.82) is 0 Å². The van der Waals surface area contributed by atoms with Gasteiger partial charge in [-0.3, -0.25) is 4.90 Å². The summed E-state index contributed by atoms with van der Waals surface area (Å²) in [4.78, 5) is 2.29. The van der Waals surface area contributed by atoms with Gasteiger partial charge in [0.15, 0.2) is 0 Å². The summed E-state index contributed by atoms with van der Waals surface area (Å²) in [6.45, 7) is 10.5. The zero-order valence-electron chi connectivity index (χ0n) is 9.14. The number of nitrogens with zero attached hydrogens (tertiary/aromatic N) is 1. The Morgan fingerprint density at radius 1 is 1.46 bits per heavy atom.